The average molecular weight is 417 g/mol. The van der Waals surface area contributed by atoms with Crippen LogP contribution in [0.2, 0.25) is 0 Å². The molecule has 4 aromatic rings. The van der Waals surface area contributed by atoms with Gasteiger partial charge in [0.05, 0.1) is 22.3 Å². The highest BCUT2D eigenvalue weighted by atomic mass is 32.2. The zero-order valence-corrected chi connectivity index (χ0v) is 17.9. The van der Waals surface area contributed by atoms with Crippen molar-refractivity contribution in [1.29, 1.82) is 0 Å². The van der Waals surface area contributed by atoms with Crippen molar-refractivity contribution in [1.82, 2.24) is 19.5 Å². The summed E-state index contributed by atoms with van der Waals surface area (Å²) in [6, 6.07) is 8.40. The Balaban J connectivity index is 1.66. The summed E-state index contributed by atoms with van der Waals surface area (Å²) in [5.74, 6) is 0. The van der Waals surface area contributed by atoms with Gasteiger partial charge in [-0.1, -0.05) is 25.3 Å². The normalized spacial score (nSPS) is 15.1. The quantitative estimate of drug-likeness (QED) is 0.340. The van der Waals surface area contributed by atoms with Gasteiger partial charge >= 0.3 is 0 Å². The van der Waals surface area contributed by atoms with E-state index in [4.69, 9.17) is 4.98 Å². The third-order valence-electron chi connectivity index (χ3n) is 6.14. The van der Waals surface area contributed by atoms with Crippen LogP contribution in [-0.2, 0) is 6.42 Å². The van der Waals surface area contributed by atoms with Gasteiger partial charge in [-0.05, 0) is 54.8 Å². The lowest BCUT2D eigenvalue weighted by molar-refractivity contribution is 0.345. The number of hydrogen-bond acceptors (Lipinski definition) is 5. The van der Waals surface area contributed by atoms with Crippen LogP contribution in [0.25, 0.3) is 21.7 Å². The first-order valence-electron chi connectivity index (χ1n) is 10.5. The molecule has 0 spiro atoms. The molecule has 0 saturated heterocycles. The monoisotopic (exact) mass is 416 g/mol. The molecular weight excluding hydrogens is 392 g/mol. The number of thioether (sulfide) groups is 1. The van der Waals surface area contributed by atoms with Crippen LogP contribution in [0.3, 0.4) is 0 Å². The summed E-state index contributed by atoms with van der Waals surface area (Å²) in [5.41, 5.74) is 3.05. The van der Waals surface area contributed by atoms with Crippen LogP contribution in [0.15, 0.2) is 59.0 Å². The second kappa shape index (κ2) is 8.19. The Kier molecular flexibility index (Phi) is 5.25. The van der Waals surface area contributed by atoms with Crippen LogP contribution in [0.5, 0.6) is 0 Å². The highest BCUT2D eigenvalue weighted by molar-refractivity contribution is 7.98. The van der Waals surface area contributed by atoms with Gasteiger partial charge in [0.2, 0.25) is 0 Å². The zero-order valence-electron chi connectivity index (χ0n) is 17.0. The van der Waals surface area contributed by atoms with E-state index in [0.29, 0.717) is 11.8 Å². The lowest BCUT2D eigenvalue weighted by atomic mass is 9.95. The first kappa shape index (κ1) is 19.2. The van der Waals surface area contributed by atoms with Crippen molar-refractivity contribution in [2.45, 2.75) is 49.6 Å². The van der Waals surface area contributed by atoms with Gasteiger partial charge in [-0.2, -0.15) is 0 Å². The van der Waals surface area contributed by atoms with Crippen molar-refractivity contribution in [2.24, 2.45) is 0 Å². The average Bonchev–Trinajstić information content (AvgIpc) is 2.81. The predicted octanol–water partition coefficient (Wildman–Crippen LogP) is 5.16. The molecule has 3 aromatic heterocycles. The summed E-state index contributed by atoms with van der Waals surface area (Å²) in [5, 5.41) is 3.73. The minimum Gasteiger partial charge on any atom is -0.296 e. The van der Waals surface area contributed by atoms with Gasteiger partial charge in [0, 0.05) is 35.4 Å². The lowest BCUT2D eigenvalue weighted by Gasteiger charge is -2.24. The maximum absolute atomic E-state index is 13.5. The Labute approximate surface area is 179 Å². The van der Waals surface area contributed by atoms with Crippen molar-refractivity contribution in [2.75, 3.05) is 6.26 Å². The maximum atomic E-state index is 13.5. The van der Waals surface area contributed by atoms with Crippen molar-refractivity contribution in [3.63, 3.8) is 0 Å². The third kappa shape index (κ3) is 3.49. The first-order valence-corrected chi connectivity index (χ1v) is 11.7. The largest absolute Gasteiger partial charge is 0.296 e. The van der Waals surface area contributed by atoms with Crippen LogP contribution in [0, 0.1) is 0 Å². The van der Waals surface area contributed by atoms with E-state index in [9.17, 15) is 4.79 Å². The summed E-state index contributed by atoms with van der Waals surface area (Å²) in [6.45, 7) is 0. The summed E-state index contributed by atoms with van der Waals surface area (Å²) >= 11 is 1.63. The van der Waals surface area contributed by atoms with E-state index in [2.05, 4.69) is 16.0 Å². The van der Waals surface area contributed by atoms with Gasteiger partial charge < -0.3 is 0 Å². The van der Waals surface area contributed by atoms with E-state index in [1.165, 1.54) is 19.3 Å². The molecule has 5 nitrogen and oxygen atoms in total. The second-order valence-corrected chi connectivity index (χ2v) is 8.81. The molecule has 0 N–H and O–H groups in total. The molecule has 1 aliphatic carbocycles. The molecule has 0 bridgehead atoms. The molecule has 0 atom stereocenters. The van der Waals surface area contributed by atoms with Gasteiger partial charge in [0.1, 0.15) is 0 Å². The van der Waals surface area contributed by atoms with Crippen molar-refractivity contribution in [3.8, 4) is 0 Å². The van der Waals surface area contributed by atoms with Crippen molar-refractivity contribution in [3.05, 3.63) is 70.7 Å². The molecule has 0 aliphatic heterocycles. The van der Waals surface area contributed by atoms with Gasteiger partial charge in [-0.3, -0.25) is 14.3 Å². The molecule has 3 heterocycles. The van der Waals surface area contributed by atoms with E-state index < -0.39 is 0 Å². The highest BCUT2D eigenvalue weighted by Crippen LogP contribution is 2.30. The molecule has 1 aliphatic rings. The number of hydrogen-bond donors (Lipinski definition) is 0. The SMILES string of the molecule is CSc1ccc(Cc2cc3c(=O)n(C4CCCCC4)cnc3c3ccncc23)cn1. The van der Waals surface area contributed by atoms with Crippen LogP contribution >= 0.6 is 11.8 Å². The van der Waals surface area contributed by atoms with E-state index >= 15 is 0 Å². The first-order chi connectivity index (χ1) is 14.7. The Morgan fingerprint density at radius 3 is 2.67 bits per heavy atom. The number of aromatic nitrogens is 4. The number of rotatable bonds is 4. The Bertz CT molecular complexity index is 1260. The molecule has 5 rings (SSSR count). The fraction of sp³-hybridized carbons (Fsp3) is 0.333. The molecular formula is C24H24N4OS. The van der Waals surface area contributed by atoms with Crippen molar-refractivity contribution < 1.29 is 0 Å². The molecule has 6 heteroatoms. The number of benzene rings is 1. The third-order valence-corrected chi connectivity index (χ3v) is 6.80. The van der Waals surface area contributed by atoms with Crippen LogP contribution in [0.1, 0.15) is 49.3 Å². The fourth-order valence-electron chi connectivity index (χ4n) is 4.56. The predicted molar refractivity (Wildman–Crippen MR) is 122 cm³/mol. The second-order valence-electron chi connectivity index (χ2n) is 7.99. The Hall–Kier alpha value is -2.73. The molecule has 0 radical (unpaired) electrons. The highest BCUT2D eigenvalue weighted by Gasteiger charge is 2.19. The summed E-state index contributed by atoms with van der Waals surface area (Å²) < 4.78 is 1.87. The van der Waals surface area contributed by atoms with Gasteiger partial charge in [0.25, 0.3) is 5.56 Å². The number of pyridine rings is 2. The number of nitrogens with zero attached hydrogens (tertiary/aromatic N) is 4. The summed E-state index contributed by atoms with van der Waals surface area (Å²) in [4.78, 5) is 27.0. The summed E-state index contributed by atoms with van der Waals surface area (Å²) in [7, 11) is 0. The van der Waals surface area contributed by atoms with E-state index in [0.717, 1.165) is 45.3 Å². The molecule has 1 fully saturated rings. The molecule has 1 aromatic carbocycles. The minimum absolute atomic E-state index is 0.0720. The molecule has 152 valence electrons. The Morgan fingerprint density at radius 1 is 1.03 bits per heavy atom. The molecule has 0 unspecified atom stereocenters. The van der Waals surface area contributed by atoms with Gasteiger partial charge in [-0.25, -0.2) is 9.97 Å². The lowest BCUT2D eigenvalue weighted by Crippen LogP contribution is -2.26. The zero-order chi connectivity index (χ0) is 20.5. The Morgan fingerprint density at radius 2 is 1.90 bits per heavy atom. The molecule has 1 saturated carbocycles. The van der Waals surface area contributed by atoms with E-state index in [-0.39, 0.29) is 11.6 Å². The van der Waals surface area contributed by atoms with Crippen LogP contribution in [0.4, 0.5) is 0 Å². The molecule has 0 amide bonds. The van der Waals surface area contributed by atoms with Crippen LogP contribution in [-0.4, -0.2) is 25.8 Å². The fourth-order valence-corrected chi connectivity index (χ4v) is 4.92. The number of fused-ring (bicyclic) bond motifs is 3. The molecule has 30 heavy (non-hydrogen) atoms. The topological polar surface area (TPSA) is 60.7 Å². The van der Waals surface area contributed by atoms with E-state index in [1.54, 1.807) is 24.3 Å². The van der Waals surface area contributed by atoms with Gasteiger partial charge in [-0.15, -0.1) is 11.8 Å². The van der Waals surface area contributed by atoms with Crippen LogP contribution < -0.4 is 5.56 Å². The summed E-state index contributed by atoms with van der Waals surface area (Å²) in [6.07, 6.45) is 15.8. The smallest absolute Gasteiger partial charge is 0.261 e. The standard InChI is InChI=1S/C24H24N4OS/c1-30-22-8-7-16(13-26-22)11-17-12-20-23(19-9-10-25-14-21(17)19)27-15-28(24(20)29)18-5-3-2-4-6-18/h7-10,12-15,18H,2-6,11H2,1H3. The minimum atomic E-state index is 0.0720. The maximum Gasteiger partial charge on any atom is 0.261 e. The van der Waals surface area contributed by atoms with Crippen molar-refractivity contribution >= 4 is 33.4 Å². The van der Waals surface area contributed by atoms with E-state index in [1.807, 2.05) is 41.4 Å². The van der Waals surface area contributed by atoms with Gasteiger partial charge in [0.15, 0.2) is 0 Å².